The number of ether oxygens (including phenoxy) is 5. The van der Waals surface area contributed by atoms with Gasteiger partial charge >= 0.3 is 17.9 Å². The van der Waals surface area contributed by atoms with Crippen LogP contribution in [-0.4, -0.2) is 48.6 Å². The molecule has 0 aliphatic carbocycles. The van der Waals surface area contributed by atoms with Gasteiger partial charge in [0.1, 0.15) is 5.75 Å². The summed E-state index contributed by atoms with van der Waals surface area (Å²) in [5.41, 5.74) is 0. The van der Waals surface area contributed by atoms with Crippen LogP contribution in [0.2, 0.25) is 0 Å². The van der Waals surface area contributed by atoms with E-state index in [4.69, 9.17) is 23.7 Å². The highest BCUT2D eigenvalue weighted by Gasteiger charge is 2.51. The first-order valence-electron chi connectivity index (χ1n) is 8.27. The standard InChI is InChI=1S/C18H21IO8/c1-9-15(24-10(2)20)16(25-11(3)21)17(26-12(4)22)18(23-9)27-14-8-6-5-7-13(14)19/h5-9,15-18H,1-4H3/t9-,15-,16+,17+,18-/m0/s1. The number of carbonyl (C=O) groups excluding carboxylic acids is 3. The van der Waals surface area contributed by atoms with Gasteiger partial charge in [-0.15, -0.1) is 0 Å². The van der Waals surface area contributed by atoms with E-state index >= 15 is 0 Å². The number of para-hydroxylation sites is 1. The fourth-order valence-electron chi connectivity index (χ4n) is 2.73. The Morgan fingerprint density at radius 1 is 0.889 bits per heavy atom. The van der Waals surface area contributed by atoms with E-state index < -0.39 is 48.6 Å². The fraction of sp³-hybridized carbons (Fsp3) is 0.500. The van der Waals surface area contributed by atoms with Gasteiger partial charge in [0.25, 0.3) is 0 Å². The van der Waals surface area contributed by atoms with Crippen molar-refractivity contribution < 1.29 is 38.1 Å². The lowest BCUT2D eigenvalue weighted by Gasteiger charge is -2.43. The van der Waals surface area contributed by atoms with Crippen molar-refractivity contribution in [1.82, 2.24) is 0 Å². The predicted octanol–water partition coefficient (Wildman–Crippen LogP) is 2.21. The van der Waals surface area contributed by atoms with Gasteiger partial charge in [-0.2, -0.15) is 0 Å². The maximum absolute atomic E-state index is 11.6. The Bertz CT molecular complexity index is 706. The molecule has 0 N–H and O–H groups in total. The van der Waals surface area contributed by atoms with Crippen molar-refractivity contribution in [2.75, 3.05) is 0 Å². The molecule has 0 unspecified atom stereocenters. The van der Waals surface area contributed by atoms with Gasteiger partial charge < -0.3 is 23.7 Å². The van der Waals surface area contributed by atoms with Crippen LogP contribution in [0, 0.1) is 3.57 Å². The molecule has 2 rings (SSSR count). The van der Waals surface area contributed by atoms with E-state index in [1.165, 1.54) is 20.8 Å². The van der Waals surface area contributed by atoms with E-state index in [1.807, 2.05) is 12.1 Å². The van der Waals surface area contributed by atoms with Gasteiger partial charge in [-0.3, -0.25) is 14.4 Å². The fourth-order valence-corrected chi connectivity index (χ4v) is 3.24. The minimum atomic E-state index is -1.12. The van der Waals surface area contributed by atoms with Crippen LogP contribution in [0.15, 0.2) is 24.3 Å². The second-order valence-corrected chi connectivity index (χ2v) is 7.14. The Balaban J connectivity index is 2.37. The van der Waals surface area contributed by atoms with Gasteiger partial charge in [-0.1, -0.05) is 12.1 Å². The summed E-state index contributed by atoms with van der Waals surface area (Å²) in [4.78, 5) is 34.7. The number of hydrogen-bond acceptors (Lipinski definition) is 8. The summed E-state index contributed by atoms with van der Waals surface area (Å²) in [6.45, 7) is 5.31. The summed E-state index contributed by atoms with van der Waals surface area (Å²) in [5, 5.41) is 0. The summed E-state index contributed by atoms with van der Waals surface area (Å²) in [6.07, 6.45) is -4.88. The molecule has 1 aliphatic heterocycles. The first-order valence-corrected chi connectivity index (χ1v) is 9.35. The van der Waals surface area contributed by atoms with Crippen LogP contribution < -0.4 is 4.74 Å². The molecule has 1 saturated heterocycles. The lowest BCUT2D eigenvalue weighted by atomic mass is 9.99. The highest BCUT2D eigenvalue weighted by atomic mass is 127. The molecule has 0 aromatic heterocycles. The molecular formula is C18H21IO8. The highest BCUT2D eigenvalue weighted by Crippen LogP contribution is 2.31. The normalized spacial score (nSPS) is 27.4. The molecule has 0 spiro atoms. The Morgan fingerprint density at radius 3 is 1.96 bits per heavy atom. The third-order valence-electron chi connectivity index (χ3n) is 3.71. The molecule has 5 atom stereocenters. The molecular weight excluding hydrogens is 471 g/mol. The number of esters is 3. The third-order valence-corrected chi connectivity index (χ3v) is 4.60. The van der Waals surface area contributed by atoms with E-state index in [9.17, 15) is 14.4 Å². The molecule has 1 aromatic carbocycles. The second-order valence-electron chi connectivity index (χ2n) is 5.98. The average molecular weight is 492 g/mol. The van der Waals surface area contributed by atoms with Crippen LogP contribution in [0.4, 0.5) is 0 Å². The summed E-state index contributed by atoms with van der Waals surface area (Å²) in [7, 11) is 0. The van der Waals surface area contributed by atoms with Crippen molar-refractivity contribution in [3.8, 4) is 5.75 Å². The van der Waals surface area contributed by atoms with Crippen molar-refractivity contribution in [3.05, 3.63) is 27.8 Å². The van der Waals surface area contributed by atoms with Crippen molar-refractivity contribution in [1.29, 1.82) is 0 Å². The molecule has 9 heteroatoms. The Morgan fingerprint density at radius 2 is 1.41 bits per heavy atom. The van der Waals surface area contributed by atoms with Gasteiger partial charge in [0.2, 0.25) is 12.4 Å². The van der Waals surface area contributed by atoms with E-state index in [2.05, 4.69) is 22.6 Å². The molecule has 27 heavy (non-hydrogen) atoms. The molecule has 1 aromatic rings. The number of benzene rings is 1. The van der Waals surface area contributed by atoms with Gasteiger partial charge in [0.05, 0.1) is 9.67 Å². The highest BCUT2D eigenvalue weighted by molar-refractivity contribution is 14.1. The van der Waals surface area contributed by atoms with Gasteiger partial charge in [-0.05, 0) is 41.6 Å². The SMILES string of the molecule is CC(=O)O[C@@H]1[C@@H](OC(C)=O)[C@H](C)O[C@@H](Oc2ccccc2I)[C@@H]1OC(C)=O. The molecule has 0 amide bonds. The molecule has 0 bridgehead atoms. The van der Waals surface area contributed by atoms with E-state index in [0.29, 0.717) is 5.75 Å². The van der Waals surface area contributed by atoms with Gasteiger partial charge in [0, 0.05) is 20.8 Å². The van der Waals surface area contributed by atoms with Crippen molar-refractivity contribution in [2.45, 2.75) is 58.4 Å². The molecule has 1 aliphatic rings. The predicted molar refractivity (Wildman–Crippen MR) is 101 cm³/mol. The quantitative estimate of drug-likeness (QED) is 0.351. The molecule has 8 nitrogen and oxygen atoms in total. The van der Waals surface area contributed by atoms with Crippen LogP contribution in [0.3, 0.4) is 0 Å². The maximum atomic E-state index is 11.6. The zero-order chi connectivity index (χ0) is 20.1. The molecule has 1 fully saturated rings. The number of carbonyl (C=O) groups is 3. The Labute approximate surface area is 170 Å². The summed E-state index contributed by atoms with van der Waals surface area (Å²) in [5.74, 6) is -1.30. The largest absolute Gasteiger partial charge is 0.460 e. The van der Waals surface area contributed by atoms with Crippen molar-refractivity contribution in [2.24, 2.45) is 0 Å². The number of rotatable bonds is 5. The van der Waals surface area contributed by atoms with Crippen LogP contribution >= 0.6 is 22.6 Å². The zero-order valence-electron chi connectivity index (χ0n) is 15.3. The van der Waals surface area contributed by atoms with Crippen LogP contribution in [-0.2, 0) is 33.3 Å². The van der Waals surface area contributed by atoms with Gasteiger partial charge in [0.15, 0.2) is 12.2 Å². The summed E-state index contributed by atoms with van der Waals surface area (Å²) < 4.78 is 28.5. The van der Waals surface area contributed by atoms with E-state index in [-0.39, 0.29) is 0 Å². The van der Waals surface area contributed by atoms with Crippen molar-refractivity contribution in [3.63, 3.8) is 0 Å². The second kappa shape index (κ2) is 9.36. The van der Waals surface area contributed by atoms with Crippen LogP contribution in [0.1, 0.15) is 27.7 Å². The van der Waals surface area contributed by atoms with Crippen molar-refractivity contribution >= 4 is 40.5 Å². The third kappa shape index (κ3) is 5.80. The smallest absolute Gasteiger partial charge is 0.303 e. The minimum absolute atomic E-state index is 0.514. The lowest BCUT2D eigenvalue weighted by molar-refractivity contribution is -0.280. The number of halogens is 1. The summed E-state index contributed by atoms with van der Waals surface area (Å²) in [6, 6.07) is 7.21. The topological polar surface area (TPSA) is 97.4 Å². The zero-order valence-corrected chi connectivity index (χ0v) is 17.5. The molecule has 0 saturated carbocycles. The van der Waals surface area contributed by atoms with Crippen LogP contribution in [0.5, 0.6) is 5.75 Å². The van der Waals surface area contributed by atoms with Gasteiger partial charge in [-0.25, -0.2) is 0 Å². The lowest BCUT2D eigenvalue weighted by Crippen LogP contribution is -2.62. The minimum Gasteiger partial charge on any atom is -0.460 e. The molecule has 1 heterocycles. The Kier molecular flexibility index (Phi) is 7.42. The maximum Gasteiger partial charge on any atom is 0.303 e. The van der Waals surface area contributed by atoms with E-state index in [0.717, 1.165) is 3.57 Å². The summed E-state index contributed by atoms with van der Waals surface area (Å²) >= 11 is 2.10. The first kappa shape index (κ1) is 21.4. The molecule has 0 radical (unpaired) electrons. The molecule has 148 valence electrons. The average Bonchev–Trinajstić information content (AvgIpc) is 2.55. The van der Waals surface area contributed by atoms with E-state index in [1.54, 1.807) is 19.1 Å². The Hall–Kier alpha value is -1.88. The monoisotopic (exact) mass is 492 g/mol. The number of hydrogen-bond donors (Lipinski definition) is 0. The van der Waals surface area contributed by atoms with Crippen LogP contribution in [0.25, 0.3) is 0 Å². The first-order chi connectivity index (χ1) is 12.7.